The van der Waals surface area contributed by atoms with Gasteiger partial charge in [-0.05, 0) is 6.92 Å². The average molecular weight is 331 g/mol. The van der Waals surface area contributed by atoms with Crippen LogP contribution in [-0.4, -0.2) is 26.3 Å². The minimum absolute atomic E-state index is 0.152. The minimum Gasteiger partial charge on any atom is -0.336 e. The van der Waals surface area contributed by atoms with Crippen molar-refractivity contribution < 1.29 is 13.2 Å². The third-order valence-electron chi connectivity index (χ3n) is 3.76. The lowest BCUT2D eigenvalue weighted by Crippen LogP contribution is -2.37. The normalized spacial score (nSPS) is 18.9. The standard InChI is InChI=1S/C13H16F3N5S/c1-7(2)10-18-19-11-8(3)20(4-5-21(10)11)12-17-9(6-22-12)13(14,15)16/h6-8H,4-5H2,1-3H3. The van der Waals surface area contributed by atoms with Gasteiger partial charge in [-0.3, -0.25) is 0 Å². The first kappa shape index (κ1) is 15.3. The van der Waals surface area contributed by atoms with Crippen molar-refractivity contribution in [2.24, 2.45) is 0 Å². The second-order valence-corrected chi connectivity index (χ2v) is 6.44. The summed E-state index contributed by atoms with van der Waals surface area (Å²) in [7, 11) is 0. The SMILES string of the molecule is CC(C)c1nnc2n1CCN(c1nc(C(F)(F)F)cs1)C2C. The Labute approximate surface area is 129 Å². The molecule has 120 valence electrons. The molecule has 0 aliphatic carbocycles. The third kappa shape index (κ3) is 2.47. The van der Waals surface area contributed by atoms with E-state index in [2.05, 4.69) is 19.7 Å². The zero-order valence-corrected chi connectivity index (χ0v) is 13.2. The molecular weight excluding hydrogens is 315 g/mol. The van der Waals surface area contributed by atoms with E-state index in [1.165, 1.54) is 0 Å². The maximum atomic E-state index is 12.7. The first-order valence-electron chi connectivity index (χ1n) is 7.01. The van der Waals surface area contributed by atoms with Gasteiger partial charge in [-0.15, -0.1) is 21.5 Å². The van der Waals surface area contributed by atoms with Crippen LogP contribution in [0.4, 0.5) is 18.3 Å². The Kier molecular flexibility index (Phi) is 3.62. The van der Waals surface area contributed by atoms with Gasteiger partial charge in [0.05, 0.1) is 6.04 Å². The molecule has 0 fully saturated rings. The van der Waals surface area contributed by atoms with Crippen molar-refractivity contribution >= 4 is 16.5 Å². The van der Waals surface area contributed by atoms with Crippen molar-refractivity contribution in [1.29, 1.82) is 0 Å². The summed E-state index contributed by atoms with van der Waals surface area (Å²) in [4.78, 5) is 5.59. The summed E-state index contributed by atoms with van der Waals surface area (Å²) in [6.45, 7) is 7.26. The summed E-state index contributed by atoms with van der Waals surface area (Å²) in [5.74, 6) is 1.95. The van der Waals surface area contributed by atoms with Gasteiger partial charge in [0.15, 0.2) is 16.6 Å². The average Bonchev–Trinajstić information content (AvgIpc) is 3.04. The van der Waals surface area contributed by atoms with Gasteiger partial charge in [0.2, 0.25) is 0 Å². The molecule has 3 heterocycles. The number of rotatable bonds is 2. The fraction of sp³-hybridized carbons (Fsp3) is 0.615. The molecule has 0 bridgehead atoms. The second-order valence-electron chi connectivity index (χ2n) is 5.61. The lowest BCUT2D eigenvalue weighted by molar-refractivity contribution is -0.140. The molecule has 1 aliphatic rings. The third-order valence-corrected chi connectivity index (χ3v) is 4.64. The number of hydrogen-bond donors (Lipinski definition) is 0. The van der Waals surface area contributed by atoms with E-state index in [0.29, 0.717) is 18.2 Å². The van der Waals surface area contributed by atoms with E-state index in [4.69, 9.17) is 0 Å². The van der Waals surface area contributed by atoms with Crippen LogP contribution in [0, 0.1) is 0 Å². The Hall–Kier alpha value is -1.64. The van der Waals surface area contributed by atoms with E-state index in [9.17, 15) is 13.2 Å². The Balaban J connectivity index is 1.90. The summed E-state index contributed by atoms with van der Waals surface area (Å²) in [5, 5.41) is 9.86. The molecule has 0 saturated heterocycles. The summed E-state index contributed by atoms with van der Waals surface area (Å²) in [6, 6.07) is -0.152. The molecule has 1 atom stereocenters. The molecule has 2 aromatic heterocycles. The van der Waals surface area contributed by atoms with Crippen LogP contribution in [0.5, 0.6) is 0 Å². The van der Waals surface area contributed by atoms with Crippen molar-refractivity contribution in [2.75, 3.05) is 11.4 Å². The van der Waals surface area contributed by atoms with E-state index in [1.807, 2.05) is 25.7 Å². The quantitative estimate of drug-likeness (QED) is 0.845. The van der Waals surface area contributed by atoms with Crippen molar-refractivity contribution in [3.63, 3.8) is 0 Å². The predicted octanol–water partition coefficient (Wildman–Crippen LogP) is 3.46. The summed E-state index contributed by atoms with van der Waals surface area (Å²) >= 11 is 1.01. The van der Waals surface area contributed by atoms with Crippen molar-refractivity contribution in [3.8, 4) is 0 Å². The van der Waals surface area contributed by atoms with Gasteiger partial charge in [0.25, 0.3) is 0 Å². The number of aromatic nitrogens is 4. The molecule has 0 amide bonds. The highest BCUT2D eigenvalue weighted by Gasteiger charge is 2.36. The lowest BCUT2D eigenvalue weighted by Gasteiger charge is -2.33. The summed E-state index contributed by atoms with van der Waals surface area (Å²) < 4.78 is 40.1. The van der Waals surface area contributed by atoms with Gasteiger partial charge in [-0.2, -0.15) is 13.2 Å². The van der Waals surface area contributed by atoms with Crippen LogP contribution >= 0.6 is 11.3 Å². The van der Waals surface area contributed by atoms with Crippen LogP contribution in [0.1, 0.15) is 50.1 Å². The summed E-state index contributed by atoms with van der Waals surface area (Å²) in [6.07, 6.45) is -4.40. The molecule has 0 N–H and O–H groups in total. The first-order valence-corrected chi connectivity index (χ1v) is 7.89. The fourth-order valence-electron chi connectivity index (χ4n) is 2.62. The van der Waals surface area contributed by atoms with Crippen molar-refractivity contribution in [2.45, 2.75) is 45.5 Å². The van der Waals surface area contributed by atoms with Gasteiger partial charge < -0.3 is 9.47 Å². The van der Waals surface area contributed by atoms with Crippen molar-refractivity contribution in [3.05, 3.63) is 22.7 Å². The van der Waals surface area contributed by atoms with Crippen LogP contribution < -0.4 is 4.90 Å². The smallest absolute Gasteiger partial charge is 0.336 e. The van der Waals surface area contributed by atoms with Gasteiger partial charge >= 0.3 is 6.18 Å². The summed E-state index contributed by atoms with van der Waals surface area (Å²) in [5.41, 5.74) is -0.838. The van der Waals surface area contributed by atoms with Gasteiger partial charge in [0, 0.05) is 24.4 Å². The lowest BCUT2D eigenvalue weighted by atomic mass is 10.1. The molecule has 0 radical (unpaired) electrons. The Morgan fingerprint density at radius 2 is 2.00 bits per heavy atom. The van der Waals surface area contributed by atoms with E-state index in [-0.39, 0.29) is 12.0 Å². The predicted molar refractivity (Wildman–Crippen MR) is 77.0 cm³/mol. The zero-order valence-electron chi connectivity index (χ0n) is 12.4. The monoisotopic (exact) mass is 331 g/mol. The Bertz CT molecular complexity index is 676. The fourth-order valence-corrected chi connectivity index (χ4v) is 3.56. The minimum atomic E-state index is -4.40. The Morgan fingerprint density at radius 1 is 1.27 bits per heavy atom. The van der Waals surface area contributed by atoms with Crippen LogP contribution in [0.15, 0.2) is 5.38 Å². The van der Waals surface area contributed by atoms with Crippen LogP contribution in [0.3, 0.4) is 0 Å². The molecule has 5 nitrogen and oxygen atoms in total. The van der Waals surface area contributed by atoms with Gasteiger partial charge in [-0.1, -0.05) is 13.8 Å². The van der Waals surface area contributed by atoms with Crippen molar-refractivity contribution in [1.82, 2.24) is 19.7 Å². The molecule has 1 unspecified atom stereocenters. The van der Waals surface area contributed by atoms with E-state index >= 15 is 0 Å². The van der Waals surface area contributed by atoms with Crippen LogP contribution in [0.2, 0.25) is 0 Å². The highest BCUT2D eigenvalue weighted by molar-refractivity contribution is 7.13. The first-order chi connectivity index (χ1) is 10.3. The maximum absolute atomic E-state index is 12.7. The number of fused-ring (bicyclic) bond motifs is 1. The highest BCUT2D eigenvalue weighted by atomic mass is 32.1. The largest absolute Gasteiger partial charge is 0.434 e. The maximum Gasteiger partial charge on any atom is 0.434 e. The Morgan fingerprint density at radius 3 is 2.59 bits per heavy atom. The highest BCUT2D eigenvalue weighted by Crippen LogP contribution is 2.37. The number of alkyl halides is 3. The molecule has 9 heteroatoms. The molecule has 1 aliphatic heterocycles. The molecule has 3 rings (SSSR count). The van der Waals surface area contributed by atoms with Gasteiger partial charge in [0.1, 0.15) is 5.82 Å². The van der Waals surface area contributed by atoms with E-state index < -0.39 is 11.9 Å². The van der Waals surface area contributed by atoms with Gasteiger partial charge in [-0.25, -0.2) is 4.98 Å². The molecule has 0 saturated carbocycles. The van der Waals surface area contributed by atoms with E-state index in [0.717, 1.165) is 28.4 Å². The number of nitrogens with zero attached hydrogens (tertiary/aromatic N) is 5. The topological polar surface area (TPSA) is 46.8 Å². The number of anilines is 1. The van der Waals surface area contributed by atoms with Crippen LogP contribution in [-0.2, 0) is 12.7 Å². The zero-order chi connectivity index (χ0) is 16.1. The second kappa shape index (κ2) is 5.22. The molecule has 22 heavy (non-hydrogen) atoms. The number of hydrogen-bond acceptors (Lipinski definition) is 5. The molecule has 0 aromatic carbocycles. The van der Waals surface area contributed by atoms with Crippen LogP contribution in [0.25, 0.3) is 0 Å². The molecule has 0 spiro atoms. The number of halogens is 3. The molecular formula is C13H16F3N5S. The number of thiazole rings is 1. The molecule has 2 aromatic rings. The van der Waals surface area contributed by atoms with E-state index in [1.54, 1.807) is 0 Å².